The minimum absolute atomic E-state index is 0. The molecule has 1 aromatic heterocycles. The van der Waals surface area contributed by atoms with E-state index in [1.807, 2.05) is 24.3 Å². The predicted molar refractivity (Wildman–Crippen MR) is 124 cm³/mol. The number of aliphatic hydroxyl groups is 2. The first-order valence-corrected chi connectivity index (χ1v) is 11.8. The van der Waals surface area contributed by atoms with E-state index in [2.05, 4.69) is 22.5 Å². The third-order valence-electron chi connectivity index (χ3n) is 7.07. The summed E-state index contributed by atoms with van der Waals surface area (Å²) in [5, 5.41) is 51.1. The number of methoxy groups -OCH3 is 1. The molecule has 0 amide bonds. The van der Waals surface area contributed by atoms with Crippen molar-refractivity contribution in [2.75, 3.05) is 20.2 Å². The molecule has 3 aliphatic rings. The van der Waals surface area contributed by atoms with Gasteiger partial charge in [0.25, 0.3) is 0 Å². The number of aromatic nitrogens is 1. The van der Waals surface area contributed by atoms with Crippen molar-refractivity contribution in [3.05, 3.63) is 48.7 Å². The Morgan fingerprint density at radius 1 is 1.24 bits per heavy atom. The maximum Gasteiger partial charge on any atom is 3.00 e. The van der Waals surface area contributed by atoms with Crippen molar-refractivity contribution >= 4 is 28.8 Å². The van der Waals surface area contributed by atoms with Crippen LogP contribution in [0.1, 0.15) is 37.4 Å². The van der Waals surface area contributed by atoms with Gasteiger partial charge in [0.2, 0.25) is 0 Å². The van der Waals surface area contributed by atoms with Crippen molar-refractivity contribution in [3.63, 3.8) is 0 Å². The summed E-state index contributed by atoms with van der Waals surface area (Å²) in [6.07, 6.45) is 2.90. The number of rotatable bonds is 9. The Kier molecular flexibility index (Phi) is 10.8. The summed E-state index contributed by atoms with van der Waals surface area (Å²) < 4.78 is 5.35. The largest absolute Gasteiger partial charge is 3.00 e. The molecule has 2 bridgehead atoms. The molecular formula is C26H29FeN2O9. The van der Waals surface area contributed by atoms with Crippen molar-refractivity contribution in [2.24, 2.45) is 11.8 Å². The Morgan fingerprint density at radius 2 is 1.89 bits per heavy atom. The number of carbonyl (C=O) groups excluding carboxylic acids is 3. The van der Waals surface area contributed by atoms with E-state index >= 15 is 0 Å². The average Bonchev–Trinajstić information content (AvgIpc) is 2.87. The number of hydrogen-bond donors (Lipinski definition) is 2. The first kappa shape index (κ1) is 31.2. The number of hydrogen-bond acceptors (Lipinski definition) is 11. The molecule has 12 heteroatoms. The van der Waals surface area contributed by atoms with Crippen LogP contribution in [-0.4, -0.2) is 69.8 Å². The second-order valence-electron chi connectivity index (χ2n) is 9.39. The van der Waals surface area contributed by atoms with Crippen LogP contribution in [0.25, 0.3) is 10.9 Å². The number of nitrogens with zero attached hydrogens (tertiary/aromatic N) is 2. The molecule has 38 heavy (non-hydrogen) atoms. The third kappa shape index (κ3) is 7.09. The first-order valence-electron chi connectivity index (χ1n) is 11.8. The number of pyridine rings is 1. The summed E-state index contributed by atoms with van der Waals surface area (Å²) in [6.45, 7) is 6.07. The average molecular weight is 569 g/mol. The molecule has 0 unspecified atom stereocenters. The molecule has 3 aliphatic heterocycles. The number of benzene rings is 1. The van der Waals surface area contributed by atoms with Gasteiger partial charge in [-0.3, -0.25) is 9.88 Å². The molecule has 205 valence electrons. The van der Waals surface area contributed by atoms with Crippen LogP contribution in [0.4, 0.5) is 0 Å². The standard InChI is InChI=1S/C20H24N2O2.C6H8O7.Fe/c1-3-13-12-22-9-7-14(13)10-19(22)20(23)16-6-8-21-18-5-4-15(24-2)11-17(16)18;7-3(8)1-6(13,5(11)12)2-4(9)10;/h3-6,8,11,13-14,19-20,23H,1,7,9-10,12H2,2H3;13H,1-2H2,(H,7,8)(H,9,10)(H,11,12);/q;;+3/p-3/t13-,14-,19-,20+;;/m0../s1. The molecule has 2 N–H and O–H groups in total. The molecule has 3 fully saturated rings. The molecule has 2 aromatic rings. The summed E-state index contributed by atoms with van der Waals surface area (Å²) >= 11 is 0. The van der Waals surface area contributed by atoms with Crippen molar-refractivity contribution < 1.29 is 61.7 Å². The fraction of sp³-hybridized carbons (Fsp3) is 0.462. The summed E-state index contributed by atoms with van der Waals surface area (Å²) in [5.41, 5.74) is -1.13. The van der Waals surface area contributed by atoms with E-state index in [0.29, 0.717) is 11.8 Å². The van der Waals surface area contributed by atoms with Crippen LogP contribution >= 0.6 is 0 Å². The normalized spacial score (nSPS) is 22.8. The maximum atomic E-state index is 11.2. The molecular weight excluding hydrogens is 540 g/mol. The summed E-state index contributed by atoms with van der Waals surface area (Å²) in [6, 6.07) is 7.96. The molecule has 1 aromatic carbocycles. The van der Waals surface area contributed by atoms with Crippen LogP contribution in [0.5, 0.6) is 5.75 Å². The Bertz CT molecular complexity index is 1160. The van der Waals surface area contributed by atoms with Gasteiger partial charge in [-0.2, -0.15) is 0 Å². The molecule has 5 rings (SSSR count). The second kappa shape index (κ2) is 13.2. The van der Waals surface area contributed by atoms with Gasteiger partial charge in [-0.1, -0.05) is 6.08 Å². The van der Waals surface area contributed by atoms with Gasteiger partial charge in [0.1, 0.15) is 11.4 Å². The van der Waals surface area contributed by atoms with E-state index in [4.69, 9.17) is 9.84 Å². The number of aliphatic carboxylic acids is 3. The van der Waals surface area contributed by atoms with Crippen molar-refractivity contribution in [2.45, 2.75) is 43.4 Å². The van der Waals surface area contributed by atoms with E-state index < -0.39 is 42.5 Å². The Balaban J connectivity index is 0.000000313. The fourth-order valence-corrected chi connectivity index (χ4v) is 5.13. The van der Waals surface area contributed by atoms with E-state index in [1.54, 1.807) is 13.3 Å². The summed E-state index contributed by atoms with van der Waals surface area (Å²) in [7, 11) is 1.66. The van der Waals surface area contributed by atoms with Gasteiger partial charge in [-0.25, -0.2) is 0 Å². The molecule has 0 saturated carbocycles. The number of ether oxygens (including phenoxy) is 1. The number of carboxylic acid groups (broad SMARTS) is 3. The van der Waals surface area contributed by atoms with E-state index in [1.165, 1.54) is 6.42 Å². The van der Waals surface area contributed by atoms with Gasteiger partial charge in [0, 0.05) is 48.9 Å². The number of carbonyl (C=O) groups is 3. The van der Waals surface area contributed by atoms with Crippen LogP contribution in [0, 0.1) is 11.8 Å². The van der Waals surface area contributed by atoms with Crippen LogP contribution in [-0.2, 0) is 31.5 Å². The smallest absolute Gasteiger partial charge is 0.550 e. The summed E-state index contributed by atoms with van der Waals surface area (Å²) in [5.74, 6) is -3.98. The topological polar surface area (TPSA) is 186 Å². The zero-order valence-corrected chi connectivity index (χ0v) is 21.8. The van der Waals surface area contributed by atoms with Gasteiger partial charge >= 0.3 is 17.1 Å². The first-order chi connectivity index (χ1) is 17.5. The number of fused-ring (bicyclic) bond motifs is 4. The van der Waals surface area contributed by atoms with E-state index in [0.717, 1.165) is 41.7 Å². The number of piperidine rings is 3. The second-order valence-corrected chi connectivity index (χ2v) is 9.39. The Labute approximate surface area is 230 Å². The zero-order chi connectivity index (χ0) is 27.3. The quantitative estimate of drug-likeness (QED) is 0.249. The molecule has 0 aliphatic carbocycles. The van der Waals surface area contributed by atoms with Gasteiger partial charge in [0.05, 0.1) is 24.7 Å². The van der Waals surface area contributed by atoms with Crippen LogP contribution in [0.2, 0.25) is 0 Å². The monoisotopic (exact) mass is 569 g/mol. The minimum Gasteiger partial charge on any atom is -0.550 e. The number of aliphatic hydroxyl groups excluding tert-OH is 1. The molecule has 0 spiro atoms. The third-order valence-corrected chi connectivity index (χ3v) is 7.07. The predicted octanol–water partition coefficient (Wildman–Crippen LogP) is -2.08. The molecule has 1 radical (unpaired) electrons. The molecule has 5 atom stereocenters. The van der Waals surface area contributed by atoms with Gasteiger partial charge < -0.3 is 44.7 Å². The van der Waals surface area contributed by atoms with Gasteiger partial charge in [-0.05, 0) is 61.1 Å². The van der Waals surface area contributed by atoms with Gasteiger partial charge in [-0.15, -0.1) is 6.58 Å². The molecule has 3 saturated heterocycles. The minimum atomic E-state index is -2.97. The van der Waals surface area contributed by atoms with Gasteiger partial charge in [0.15, 0.2) is 0 Å². The maximum absolute atomic E-state index is 11.2. The van der Waals surface area contributed by atoms with Crippen LogP contribution < -0.4 is 20.1 Å². The van der Waals surface area contributed by atoms with Crippen LogP contribution in [0.3, 0.4) is 0 Å². The number of carboxylic acids is 3. The van der Waals surface area contributed by atoms with E-state index in [-0.39, 0.29) is 23.1 Å². The zero-order valence-electron chi connectivity index (χ0n) is 20.7. The van der Waals surface area contributed by atoms with Crippen molar-refractivity contribution in [1.29, 1.82) is 0 Å². The molecule has 11 nitrogen and oxygen atoms in total. The Morgan fingerprint density at radius 3 is 2.39 bits per heavy atom. The van der Waals surface area contributed by atoms with Crippen LogP contribution in [0.15, 0.2) is 43.1 Å². The summed E-state index contributed by atoms with van der Waals surface area (Å²) in [4.78, 5) is 36.9. The Hall–Kier alpha value is -3.02. The van der Waals surface area contributed by atoms with E-state index in [9.17, 15) is 34.8 Å². The fourth-order valence-electron chi connectivity index (χ4n) is 5.13. The SMILES string of the molecule is C=C[C@H]1C[N@]2CC[C@H]1C[C@H]2[C@H](O)c1ccnc2ccc(OC)cc12.O=C([O-])CC(O)(CC(=O)[O-])C(=O)[O-].[Fe+3]. The van der Waals surface area contributed by atoms with Crippen molar-refractivity contribution in [1.82, 2.24) is 9.88 Å². The molecule has 4 heterocycles. The van der Waals surface area contributed by atoms with Crippen molar-refractivity contribution in [3.8, 4) is 5.75 Å².